The van der Waals surface area contributed by atoms with E-state index in [2.05, 4.69) is 10.6 Å². The standard InChI is InChI=1S/C23H17FN2O2S/c24-18-9-6-16(7-10-18)14-25-22(27)17-8-11-20-19(13-17)26-23(28)21(29-20)12-15-4-2-1-3-5-15/h1-13H,14H2,(H,25,27)(H,26,28). The van der Waals surface area contributed by atoms with Crippen LogP contribution < -0.4 is 10.6 Å². The summed E-state index contributed by atoms with van der Waals surface area (Å²) in [4.78, 5) is 26.4. The number of anilines is 1. The number of hydrogen-bond donors (Lipinski definition) is 2. The van der Waals surface area contributed by atoms with Gasteiger partial charge in [0.25, 0.3) is 11.8 Å². The highest BCUT2D eigenvalue weighted by Gasteiger charge is 2.22. The second kappa shape index (κ2) is 8.32. The Labute approximate surface area is 171 Å². The highest BCUT2D eigenvalue weighted by molar-refractivity contribution is 8.04. The molecule has 144 valence electrons. The lowest BCUT2D eigenvalue weighted by atomic mass is 10.1. The maximum Gasteiger partial charge on any atom is 0.262 e. The normalized spacial score (nSPS) is 14.2. The van der Waals surface area contributed by atoms with Crippen LogP contribution in [-0.2, 0) is 11.3 Å². The van der Waals surface area contributed by atoms with Crippen LogP contribution in [0.5, 0.6) is 0 Å². The molecule has 29 heavy (non-hydrogen) atoms. The Balaban J connectivity index is 1.47. The third-order valence-corrected chi connectivity index (χ3v) is 5.50. The van der Waals surface area contributed by atoms with Crippen molar-refractivity contribution in [3.8, 4) is 0 Å². The van der Waals surface area contributed by atoms with Crippen molar-refractivity contribution in [3.05, 3.63) is 100 Å². The molecule has 3 aromatic carbocycles. The number of thioether (sulfide) groups is 1. The quantitative estimate of drug-likeness (QED) is 0.612. The summed E-state index contributed by atoms with van der Waals surface area (Å²) in [5, 5.41) is 5.66. The first kappa shape index (κ1) is 19.0. The molecule has 0 saturated heterocycles. The van der Waals surface area contributed by atoms with Crippen LogP contribution in [0.3, 0.4) is 0 Å². The van der Waals surface area contributed by atoms with Crippen molar-refractivity contribution in [2.75, 3.05) is 5.32 Å². The van der Waals surface area contributed by atoms with Crippen LogP contribution in [0.4, 0.5) is 10.1 Å². The van der Waals surface area contributed by atoms with E-state index in [-0.39, 0.29) is 17.6 Å². The van der Waals surface area contributed by atoms with Gasteiger partial charge in [0.05, 0.1) is 10.6 Å². The minimum Gasteiger partial charge on any atom is -0.348 e. The molecule has 3 aromatic rings. The van der Waals surface area contributed by atoms with E-state index < -0.39 is 0 Å². The van der Waals surface area contributed by atoms with Crippen molar-refractivity contribution < 1.29 is 14.0 Å². The van der Waals surface area contributed by atoms with Crippen LogP contribution in [0, 0.1) is 5.82 Å². The van der Waals surface area contributed by atoms with Gasteiger partial charge in [-0.05, 0) is 47.5 Å². The largest absolute Gasteiger partial charge is 0.348 e. The molecule has 6 heteroatoms. The fraction of sp³-hybridized carbons (Fsp3) is 0.0435. The summed E-state index contributed by atoms with van der Waals surface area (Å²) in [6.07, 6.45) is 1.84. The molecule has 1 aliphatic heterocycles. The maximum absolute atomic E-state index is 13.0. The van der Waals surface area contributed by atoms with Crippen LogP contribution in [0.2, 0.25) is 0 Å². The van der Waals surface area contributed by atoms with Gasteiger partial charge in [0, 0.05) is 17.0 Å². The Morgan fingerprint density at radius 2 is 1.79 bits per heavy atom. The van der Waals surface area contributed by atoms with Crippen molar-refractivity contribution in [1.29, 1.82) is 0 Å². The molecular weight excluding hydrogens is 387 g/mol. The van der Waals surface area contributed by atoms with Crippen LogP contribution in [0.1, 0.15) is 21.5 Å². The van der Waals surface area contributed by atoms with Crippen LogP contribution in [0.25, 0.3) is 6.08 Å². The van der Waals surface area contributed by atoms with Crippen molar-refractivity contribution >= 4 is 35.3 Å². The molecule has 0 bridgehead atoms. The van der Waals surface area contributed by atoms with Crippen molar-refractivity contribution in [3.63, 3.8) is 0 Å². The van der Waals surface area contributed by atoms with E-state index in [4.69, 9.17) is 0 Å². The van der Waals surface area contributed by atoms with E-state index in [9.17, 15) is 14.0 Å². The molecule has 4 nitrogen and oxygen atoms in total. The van der Waals surface area contributed by atoms with Crippen molar-refractivity contribution in [2.45, 2.75) is 11.4 Å². The first-order valence-electron chi connectivity index (χ1n) is 9.01. The Kier molecular flexibility index (Phi) is 5.44. The number of benzene rings is 3. The number of halogens is 1. The summed E-state index contributed by atoms with van der Waals surface area (Å²) in [6, 6.07) is 20.8. The molecule has 0 saturated carbocycles. The number of nitrogens with one attached hydrogen (secondary N) is 2. The van der Waals surface area contributed by atoms with Gasteiger partial charge in [-0.15, -0.1) is 0 Å². The average Bonchev–Trinajstić information content (AvgIpc) is 2.74. The van der Waals surface area contributed by atoms with Crippen LogP contribution >= 0.6 is 11.8 Å². The molecule has 0 aliphatic carbocycles. The highest BCUT2D eigenvalue weighted by atomic mass is 32.2. The van der Waals surface area contributed by atoms with Gasteiger partial charge in [0.2, 0.25) is 0 Å². The average molecular weight is 404 g/mol. The van der Waals surface area contributed by atoms with E-state index >= 15 is 0 Å². The van der Waals surface area contributed by atoms with Crippen LogP contribution in [0.15, 0.2) is 82.6 Å². The van der Waals surface area contributed by atoms with Gasteiger partial charge in [-0.1, -0.05) is 54.2 Å². The smallest absolute Gasteiger partial charge is 0.262 e. The summed E-state index contributed by atoms with van der Waals surface area (Å²) in [7, 11) is 0. The molecule has 1 heterocycles. The van der Waals surface area contributed by atoms with Gasteiger partial charge in [-0.3, -0.25) is 9.59 Å². The van der Waals surface area contributed by atoms with Gasteiger partial charge in [0.1, 0.15) is 5.82 Å². The van der Waals surface area contributed by atoms with E-state index in [1.807, 2.05) is 42.5 Å². The number of fused-ring (bicyclic) bond motifs is 1. The Hall–Kier alpha value is -3.38. The maximum atomic E-state index is 13.0. The number of hydrogen-bond acceptors (Lipinski definition) is 3. The lowest BCUT2D eigenvalue weighted by Gasteiger charge is -2.19. The molecular formula is C23H17FN2O2S. The number of carbonyl (C=O) groups is 2. The topological polar surface area (TPSA) is 58.2 Å². The van der Waals surface area contributed by atoms with E-state index in [0.29, 0.717) is 22.7 Å². The van der Waals surface area contributed by atoms with E-state index in [1.54, 1.807) is 24.3 Å². The molecule has 0 unspecified atom stereocenters. The Morgan fingerprint density at radius 1 is 1.03 bits per heavy atom. The third kappa shape index (κ3) is 4.55. The summed E-state index contributed by atoms with van der Waals surface area (Å²) in [5.41, 5.74) is 2.81. The van der Waals surface area contributed by atoms with Gasteiger partial charge in [-0.2, -0.15) is 0 Å². The fourth-order valence-electron chi connectivity index (χ4n) is 2.89. The summed E-state index contributed by atoms with van der Waals surface area (Å²) < 4.78 is 13.0. The van der Waals surface area contributed by atoms with Crippen molar-refractivity contribution in [2.24, 2.45) is 0 Å². The van der Waals surface area contributed by atoms with E-state index in [1.165, 1.54) is 23.9 Å². The second-order valence-electron chi connectivity index (χ2n) is 6.50. The minimum atomic E-state index is -0.316. The molecule has 0 spiro atoms. The molecule has 1 aliphatic rings. The lowest BCUT2D eigenvalue weighted by Crippen LogP contribution is -2.23. The van der Waals surface area contributed by atoms with Gasteiger partial charge >= 0.3 is 0 Å². The zero-order valence-corrected chi connectivity index (χ0v) is 16.1. The van der Waals surface area contributed by atoms with Gasteiger partial charge < -0.3 is 10.6 Å². The minimum absolute atomic E-state index is 0.199. The highest BCUT2D eigenvalue weighted by Crippen LogP contribution is 2.39. The van der Waals surface area contributed by atoms with Gasteiger partial charge in [0.15, 0.2) is 0 Å². The molecule has 4 rings (SSSR count). The molecule has 0 atom stereocenters. The fourth-order valence-corrected chi connectivity index (χ4v) is 3.82. The molecule has 2 amide bonds. The first-order valence-corrected chi connectivity index (χ1v) is 9.83. The lowest BCUT2D eigenvalue weighted by molar-refractivity contribution is -0.112. The van der Waals surface area contributed by atoms with Crippen LogP contribution in [-0.4, -0.2) is 11.8 Å². The summed E-state index contributed by atoms with van der Waals surface area (Å²) in [5.74, 6) is -0.777. The SMILES string of the molecule is O=C1Nc2cc(C(=O)NCc3ccc(F)cc3)ccc2SC1=Cc1ccccc1. The number of rotatable bonds is 4. The first-order chi connectivity index (χ1) is 14.1. The molecule has 0 radical (unpaired) electrons. The Bertz CT molecular complexity index is 1100. The monoisotopic (exact) mass is 404 g/mol. The van der Waals surface area contributed by atoms with E-state index in [0.717, 1.165) is 16.0 Å². The molecule has 0 fully saturated rings. The second-order valence-corrected chi connectivity index (χ2v) is 7.58. The number of carbonyl (C=O) groups excluding carboxylic acids is 2. The predicted molar refractivity (Wildman–Crippen MR) is 113 cm³/mol. The zero-order chi connectivity index (χ0) is 20.2. The van der Waals surface area contributed by atoms with Gasteiger partial charge in [-0.25, -0.2) is 4.39 Å². The summed E-state index contributed by atoms with van der Waals surface area (Å²) in [6.45, 7) is 0.293. The summed E-state index contributed by atoms with van der Waals surface area (Å²) >= 11 is 1.37. The predicted octanol–water partition coefficient (Wildman–Crippen LogP) is 4.84. The van der Waals surface area contributed by atoms with Crippen molar-refractivity contribution in [1.82, 2.24) is 5.32 Å². The number of amides is 2. The third-order valence-electron chi connectivity index (χ3n) is 4.40. The Morgan fingerprint density at radius 3 is 2.55 bits per heavy atom. The molecule has 2 N–H and O–H groups in total. The zero-order valence-electron chi connectivity index (χ0n) is 15.3. The molecule has 0 aromatic heterocycles.